The fourth-order valence-electron chi connectivity index (χ4n) is 3.06. The van der Waals surface area contributed by atoms with Crippen molar-refractivity contribution in [3.05, 3.63) is 66.5 Å². The predicted molar refractivity (Wildman–Crippen MR) is 108 cm³/mol. The predicted octanol–water partition coefficient (Wildman–Crippen LogP) is 1.97. The highest BCUT2D eigenvalue weighted by molar-refractivity contribution is 5.96. The van der Waals surface area contributed by atoms with E-state index in [9.17, 15) is 9.59 Å². The molecule has 0 saturated carbocycles. The third-order valence-electron chi connectivity index (χ3n) is 4.61. The molecule has 0 radical (unpaired) electrons. The molecule has 0 unspecified atom stereocenters. The van der Waals surface area contributed by atoms with Crippen molar-refractivity contribution in [2.75, 3.05) is 44.7 Å². The van der Waals surface area contributed by atoms with Gasteiger partial charge in [-0.2, -0.15) is 0 Å². The zero-order valence-electron chi connectivity index (χ0n) is 15.9. The van der Waals surface area contributed by atoms with Gasteiger partial charge in [0.2, 0.25) is 0 Å². The third kappa shape index (κ3) is 4.49. The molecule has 1 fully saturated rings. The summed E-state index contributed by atoms with van der Waals surface area (Å²) in [6.07, 6.45) is 1.59. The van der Waals surface area contributed by atoms with Gasteiger partial charge in [0.25, 0.3) is 11.8 Å². The maximum atomic E-state index is 12.8. The lowest BCUT2D eigenvalue weighted by Gasteiger charge is -2.36. The minimum Gasteiger partial charge on any atom is -0.497 e. The molecule has 7 heteroatoms. The number of hydrogen-bond donors (Lipinski definition) is 1. The van der Waals surface area contributed by atoms with E-state index in [1.807, 2.05) is 24.3 Å². The Morgan fingerprint density at radius 1 is 1.11 bits per heavy atom. The summed E-state index contributed by atoms with van der Waals surface area (Å²) < 4.78 is 5.19. The zero-order valence-corrected chi connectivity index (χ0v) is 15.9. The summed E-state index contributed by atoms with van der Waals surface area (Å²) in [6.45, 7) is 6.58. The summed E-state index contributed by atoms with van der Waals surface area (Å²) >= 11 is 0. The second-order valence-corrected chi connectivity index (χ2v) is 6.38. The minimum absolute atomic E-state index is 0.159. The Morgan fingerprint density at radius 3 is 2.43 bits per heavy atom. The number of nitrogens with zero attached hydrogens (tertiary/aromatic N) is 3. The molecule has 7 nitrogen and oxygen atoms in total. The zero-order chi connectivity index (χ0) is 19.9. The molecule has 2 aromatic rings. The van der Waals surface area contributed by atoms with Crippen LogP contribution in [0.1, 0.15) is 21.0 Å². The fraction of sp³-hybridized carbons (Fsp3) is 0.286. The maximum absolute atomic E-state index is 12.8. The Balaban J connectivity index is 1.61. The van der Waals surface area contributed by atoms with Gasteiger partial charge in [0.1, 0.15) is 17.1 Å². The van der Waals surface area contributed by atoms with Gasteiger partial charge in [0.05, 0.1) is 7.11 Å². The molecule has 0 atom stereocenters. The summed E-state index contributed by atoms with van der Waals surface area (Å²) in [5.74, 6) is 0.340. The molecule has 3 rings (SSSR count). The van der Waals surface area contributed by atoms with E-state index >= 15 is 0 Å². The Hall–Kier alpha value is -3.35. The van der Waals surface area contributed by atoms with E-state index in [0.717, 1.165) is 24.5 Å². The molecule has 1 aromatic carbocycles. The van der Waals surface area contributed by atoms with Crippen molar-refractivity contribution >= 4 is 17.5 Å². The number of benzene rings is 1. The van der Waals surface area contributed by atoms with Gasteiger partial charge in [0.15, 0.2) is 0 Å². The van der Waals surface area contributed by atoms with Crippen LogP contribution in [0.15, 0.2) is 55.1 Å². The van der Waals surface area contributed by atoms with Crippen molar-refractivity contribution in [3.8, 4) is 5.75 Å². The SMILES string of the molecule is C=CCNC(=O)c1cccc(C(=O)N2CCN(c3ccc(OC)cc3)CC2)n1. The molecule has 2 amide bonds. The number of pyridine rings is 1. The Kier molecular flexibility index (Phi) is 6.26. The lowest BCUT2D eigenvalue weighted by Crippen LogP contribution is -2.49. The fourth-order valence-corrected chi connectivity index (χ4v) is 3.06. The van der Waals surface area contributed by atoms with E-state index in [4.69, 9.17) is 4.74 Å². The molecule has 146 valence electrons. The molecule has 1 aliphatic heterocycles. The summed E-state index contributed by atoms with van der Waals surface area (Å²) in [7, 11) is 1.64. The third-order valence-corrected chi connectivity index (χ3v) is 4.61. The first-order valence-electron chi connectivity index (χ1n) is 9.17. The van der Waals surface area contributed by atoms with Gasteiger partial charge in [-0.3, -0.25) is 9.59 Å². The standard InChI is InChI=1S/C21H24N4O3/c1-3-11-22-20(26)18-5-4-6-19(23-18)21(27)25-14-12-24(13-15-25)16-7-9-17(28-2)10-8-16/h3-10H,1,11-15H2,2H3,(H,22,26). The van der Waals surface area contributed by atoms with E-state index in [1.54, 1.807) is 36.3 Å². The van der Waals surface area contributed by atoms with Crippen LogP contribution in [0.5, 0.6) is 5.75 Å². The minimum atomic E-state index is -0.320. The van der Waals surface area contributed by atoms with Gasteiger partial charge in [0, 0.05) is 38.4 Å². The second kappa shape index (κ2) is 9.03. The molecule has 1 saturated heterocycles. The van der Waals surface area contributed by atoms with Gasteiger partial charge in [-0.25, -0.2) is 4.98 Å². The van der Waals surface area contributed by atoms with E-state index < -0.39 is 0 Å². The van der Waals surface area contributed by atoms with Crippen LogP contribution in [-0.4, -0.2) is 61.5 Å². The number of aromatic nitrogens is 1. The molecular formula is C21H24N4O3. The van der Waals surface area contributed by atoms with Crippen molar-refractivity contribution in [1.29, 1.82) is 0 Å². The number of anilines is 1. The number of carbonyl (C=O) groups is 2. The van der Waals surface area contributed by atoms with Gasteiger partial charge >= 0.3 is 0 Å². The number of methoxy groups -OCH3 is 1. The summed E-state index contributed by atoms with van der Waals surface area (Å²) in [6, 6.07) is 12.8. The number of rotatable bonds is 6. The average molecular weight is 380 g/mol. The number of ether oxygens (including phenoxy) is 1. The molecule has 1 N–H and O–H groups in total. The van der Waals surface area contributed by atoms with Gasteiger partial charge < -0.3 is 19.9 Å². The van der Waals surface area contributed by atoms with E-state index in [1.165, 1.54) is 0 Å². The molecule has 2 heterocycles. The summed E-state index contributed by atoms with van der Waals surface area (Å²) in [5.41, 5.74) is 1.61. The number of amides is 2. The van der Waals surface area contributed by atoms with Crippen molar-refractivity contribution in [2.24, 2.45) is 0 Å². The first-order valence-corrected chi connectivity index (χ1v) is 9.17. The van der Waals surface area contributed by atoms with Gasteiger partial charge in [-0.05, 0) is 36.4 Å². The molecule has 0 spiro atoms. The molecule has 1 aromatic heterocycles. The Morgan fingerprint density at radius 2 is 1.79 bits per heavy atom. The van der Waals surface area contributed by atoms with Crippen LogP contribution in [0, 0.1) is 0 Å². The number of hydrogen-bond acceptors (Lipinski definition) is 5. The van der Waals surface area contributed by atoms with Crippen molar-refractivity contribution in [2.45, 2.75) is 0 Å². The highest BCUT2D eigenvalue weighted by Gasteiger charge is 2.23. The topological polar surface area (TPSA) is 74.8 Å². The largest absolute Gasteiger partial charge is 0.497 e. The van der Waals surface area contributed by atoms with E-state index in [0.29, 0.717) is 19.6 Å². The summed E-state index contributed by atoms with van der Waals surface area (Å²) in [5, 5.41) is 2.67. The highest BCUT2D eigenvalue weighted by Crippen LogP contribution is 2.21. The number of piperazine rings is 1. The monoisotopic (exact) mass is 380 g/mol. The van der Waals surface area contributed by atoms with Crippen LogP contribution in [0.3, 0.4) is 0 Å². The van der Waals surface area contributed by atoms with Crippen LogP contribution >= 0.6 is 0 Å². The van der Waals surface area contributed by atoms with Gasteiger partial charge in [-0.1, -0.05) is 12.1 Å². The first-order chi connectivity index (χ1) is 13.6. The quantitative estimate of drug-likeness (QED) is 0.776. The first kappa shape index (κ1) is 19.4. The van der Waals surface area contributed by atoms with Crippen molar-refractivity contribution in [3.63, 3.8) is 0 Å². The maximum Gasteiger partial charge on any atom is 0.272 e. The van der Waals surface area contributed by atoms with Crippen LogP contribution in [0.2, 0.25) is 0 Å². The Bertz CT molecular complexity index is 843. The van der Waals surface area contributed by atoms with Crippen LogP contribution < -0.4 is 15.0 Å². The molecule has 1 aliphatic rings. The van der Waals surface area contributed by atoms with Crippen LogP contribution in [0.4, 0.5) is 5.69 Å². The lowest BCUT2D eigenvalue weighted by atomic mass is 10.2. The van der Waals surface area contributed by atoms with Crippen LogP contribution in [0.25, 0.3) is 0 Å². The number of carbonyl (C=O) groups excluding carboxylic acids is 2. The van der Waals surface area contributed by atoms with Crippen LogP contribution in [-0.2, 0) is 0 Å². The normalized spacial score (nSPS) is 13.8. The summed E-state index contributed by atoms with van der Waals surface area (Å²) in [4.78, 5) is 33.1. The molecule has 28 heavy (non-hydrogen) atoms. The molecular weight excluding hydrogens is 356 g/mol. The van der Waals surface area contributed by atoms with E-state index in [-0.39, 0.29) is 23.2 Å². The lowest BCUT2D eigenvalue weighted by molar-refractivity contribution is 0.0740. The van der Waals surface area contributed by atoms with Crippen molar-refractivity contribution in [1.82, 2.24) is 15.2 Å². The molecule has 0 bridgehead atoms. The Labute approximate surface area is 164 Å². The van der Waals surface area contributed by atoms with Gasteiger partial charge in [-0.15, -0.1) is 6.58 Å². The smallest absolute Gasteiger partial charge is 0.272 e. The second-order valence-electron chi connectivity index (χ2n) is 6.38. The van der Waals surface area contributed by atoms with Crippen molar-refractivity contribution < 1.29 is 14.3 Å². The molecule has 0 aliphatic carbocycles. The number of nitrogens with one attached hydrogen (secondary N) is 1. The average Bonchev–Trinajstić information content (AvgIpc) is 2.77. The van der Waals surface area contributed by atoms with E-state index in [2.05, 4.69) is 21.8 Å². The highest BCUT2D eigenvalue weighted by atomic mass is 16.5.